The molecule has 7 fully saturated rings. The summed E-state index contributed by atoms with van der Waals surface area (Å²) in [6.45, 7) is -7.61. The average molecular weight is 1430 g/mol. The van der Waals surface area contributed by atoms with Gasteiger partial charge in [-0.15, -0.1) is 0 Å². The molecule has 0 spiro atoms. The molecule has 37 atom stereocenters. The highest BCUT2D eigenvalue weighted by Gasteiger charge is 2.58. The minimum atomic E-state index is -4.80. The Balaban J connectivity index is 1.14. The van der Waals surface area contributed by atoms with Crippen LogP contribution in [0.3, 0.4) is 0 Å². The van der Waals surface area contributed by atoms with Crippen molar-refractivity contribution in [1.82, 2.24) is 16.0 Å². The third kappa shape index (κ3) is 19.3. The number of hydrogen-bond donors (Lipinski definition) is 26. The molecule has 2 unspecified atom stereocenters. The lowest BCUT2D eigenvalue weighted by Crippen LogP contribution is -2.71. The zero-order chi connectivity index (χ0) is 70.9. The maximum absolute atomic E-state index is 12.9. The largest absolute Gasteiger partial charge is 0.472 e. The molecule has 0 aromatic rings. The van der Waals surface area contributed by atoms with Crippen molar-refractivity contribution < 1.29 is 202 Å². The predicted octanol–water partition coefficient (Wildman–Crippen LogP) is -16.9. The van der Waals surface area contributed by atoms with Crippen molar-refractivity contribution in [3.8, 4) is 0 Å². The molecule has 7 saturated heterocycles. The highest BCUT2D eigenvalue weighted by Crippen LogP contribution is 2.43. The fraction of sp³-hybridized carbons (Fsp3) is 0.961. The monoisotopic (exact) mass is 1430 g/mol. The molecule has 7 rings (SSSR count). The Morgan fingerprint density at radius 2 is 0.760 bits per heavy atom. The number of nitrogens with one attached hydrogen (secondary N) is 3. The van der Waals surface area contributed by atoms with Crippen LogP contribution in [-0.4, -0.2) is 423 Å². The Kier molecular flexibility index (Phi) is 30.5. The molecule has 0 aromatic heterocycles. The van der Waals surface area contributed by atoms with E-state index in [1.54, 1.807) is 0 Å². The van der Waals surface area contributed by atoms with Crippen LogP contribution >= 0.6 is 7.82 Å². The van der Waals surface area contributed by atoms with Crippen LogP contribution in [0.1, 0.15) is 13.8 Å². The fourth-order valence-electron chi connectivity index (χ4n) is 11.4. The first-order chi connectivity index (χ1) is 45.3. The molecule has 0 saturated carbocycles. The molecule has 0 radical (unpaired) electrons. The smallest absolute Gasteiger partial charge is 0.394 e. The lowest BCUT2D eigenvalue weighted by atomic mass is 9.93. The van der Waals surface area contributed by atoms with Gasteiger partial charge in [-0.25, -0.2) is 4.57 Å². The van der Waals surface area contributed by atoms with E-state index in [4.69, 9.17) is 71.2 Å². The normalized spacial score (nSPS) is 46.6. The second-order valence-corrected chi connectivity index (χ2v) is 25.0. The van der Waals surface area contributed by atoms with Crippen LogP contribution in [0.25, 0.3) is 0 Å². The van der Waals surface area contributed by atoms with Crippen molar-refractivity contribution >= 4 is 19.6 Å². The van der Waals surface area contributed by atoms with Gasteiger partial charge in [-0.3, -0.25) is 24.0 Å². The Labute approximate surface area is 543 Å². The first-order valence-corrected chi connectivity index (χ1v) is 31.7. The van der Waals surface area contributed by atoms with Crippen molar-refractivity contribution in [3.63, 3.8) is 0 Å². The number of phosphoric ester groups is 1. The van der Waals surface area contributed by atoms with Gasteiger partial charge in [-0.05, 0) is 0 Å². The molecule has 45 heteroatoms. The Morgan fingerprint density at radius 1 is 0.406 bits per heavy atom. The summed E-state index contributed by atoms with van der Waals surface area (Å²) in [5.74, 6) is -1.68. The van der Waals surface area contributed by atoms with Crippen LogP contribution in [0, 0.1) is 0 Å². The van der Waals surface area contributed by atoms with E-state index in [9.17, 15) is 126 Å². The zero-order valence-electron chi connectivity index (χ0n) is 51.1. The van der Waals surface area contributed by atoms with Crippen molar-refractivity contribution in [2.45, 2.75) is 235 Å². The summed E-state index contributed by atoms with van der Waals surface area (Å²) in [6, 6.07) is -3.39. The molecule has 96 heavy (non-hydrogen) atoms. The number of phosphoric acid groups is 1. The summed E-state index contributed by atoms with van der Waals surface area (Å²) in [5.41, 5.74) is 0. The maximum Gasteiger partial charge on any atom is 0.472 e. The zero-order valence-corrected chi connectivity index (χ0v) is 52.0. The summed E-state index contributed by atoms with van der Waals surface area (Å²) in [4.78, 5) is 35.3. The quantitative estimate of drug-likeness (QED) is 0.0235. The van der Waals surface area contributed by atoms with E-state index in [0.29, 0.717) is 0 Å². The van der Waals surface area contributed by atoms with Gasteiger partial charge in [-0.1, -0.05) is 0 Å². The van der Waals surface area contributed by atoms with Crippen LogP contribution in [0.15, 0.2) is 0 Å². The molecule has 0 aromatic carbocycles. The summed E-state index contributed by atoms with van der Waals surface area (Å²) < 4.78 is 97.1. The van der Waals surface area contributed by atoms with Crippen molar-refractivity contribution in [2.75, 3.05) is 72.6 Å². The summed E-state index contributed by atoms with van der Waals surface area (Å²) in [6.07, 6.45) is -67.3. The standard InChI is InChI=1S/C51H90N3O41P/c1-14(61)53-24-31(69)41(20(9-59)85-45(24)52-3-4-83-96(79,80)84-11-16(63)5-55)92-46-25(54-15(2)62)32(70)42(21(10-60)89-46)93-51-40(78)44(95-50-38(76)35(73)28(66)19(8-58)88-50)30(68)23(91-51)13-82-48-39(77)43(94-49-37(75)34(72)27(65)18(7-57)87-49)29(67)22(90-48)12-81-47-36(74)33(71)26(64)17(6-56)86-47/h16-52,55-60,63-78H,3-13H2,1-2H3,(H,53,61)(H,54,62)(H,79,80)/t16?,17-,18-,19-,20-,21-,22-,23-,24-,25-,26-,27-,28-,29-,30-,31-,32-,33+,34+,35+,36+,37+,38+,39+,40+,41-,42-,43+,44+,45-,46+,47+,48+,49-,50-,51+/m1/s1. The predicted molar refractivity (Wildman–Crippen MR) is 296 cm³/mol. The number of aliphatic hydroxyl groups is 22. The Bertz CT molecular complexity index is 2420. The van der Waals surface area contributed by atoms with E-state index < -0.39 is 307 Å². The van der Waals surface area contributed by atoms with Gasteiger partial charge in [-0.2, -0.15) is 0 Å². The summed E-state index contributed by atoms with van der Waals surface area (Å²) in [5, 5.41) is 244. The molecule has 7 aliphatic rings. The molecule has 560 valence electrons. The Morgan fingerprint density at radius 3 is 1.22 bits per heavy atom. The van der Waals surface area contributed by atoms with E-state index >= 15 is 0 Å². The molecule has 0 bridgehead atoms. The molecule has 7 aliphatic heterocycles. The van der Waals surface area contributed by atoms with Crippen molar-refractivity contribution in [2.24, 2.45) is 0 Å². The van der Waals surface area contributed by atoms with Crippen LogP contribution < -0.4 is 16.0 Å². The molecule has 2 amide bonds. The van der Waals surface area contributed by atoms with Crippen LogP contribution in [-0.2, 0) is 84.8 Å². The number of ether oxygens (including phenoxy) is 13. The molecule has 26 N–H and O–H groups in total. The first kappa shape index (κ1) is 80.9. The minimum Gasteiger partial charge on any atom is -0.394 e. The van der Waals surface area contributed by atoms with Gasteiger partial charge in [0.25, 0.3) is 0 Å². The number of carbonyl (C=O) groups excluding carboxylic acids is 2. The fourth-order valence-corrected chi connectivity index (χ4v) is 12.2. The lowest BCUT2D eigenvalue weighted by Gasteiger charge is -2.50. The van der Waals surface area contributed by atoms with E-state index in [-0.39, 0.29) is 6.54 Å². The van der Waals surface area contributed by atoms with E-state index in [2.05, 4.69) is 20.5 Å². The molecule has 7 heterocycles. The van der Waals surface area contributed by atoms with Gasteiger partial charge in [0.1, 0.15) is 177 Å². The molecule has 0 aliphatic carbocycles. The van der Waals surface area contributed by atoms with Gasteiger partial charge >= 0.3 is 7.82 Å². The highest BCUT2D eigenvalue weighted by molar-refractivity contribution is 7.47. The SMILES string of the molecule is CC(=O)N[C@@H]1[C@@H](O)[C@H](O[C@@H]2O[C@H](CO)[C@@H](O[C@@H]3O[C@H](CO[C@H]4O[C@H](CO[C@H]5O[C@H](CO)[C@@H](O)[C@H](O)[C@@H]5O)[C@@H](O)[C@H](O[C@H]5O[C@H](CO)[C@@H](O)[C@H](O)[C@@H]5O)[C@@H]4O)[C@@H](O)[C@H](O[C@H]4O[C@H](CO)[C@@H](O)[C@H](O)[C@@H]4O)[C@@H]3O)[C@H](O)[C@H]2NC(C)=O)[C@@H](CO)O[C@H]1NCCOP(=O)(O)OCC(O)CO. The maximum atomic E-state index is 12.9. The first-order valence-electron chi connectivity index (χ1n) is 30.2. The second-order valence-electron chi connectivity index (χ2n) is 23.5. The van der Waals surface area contributed by atoms with E-state index in [1.165, 1.54) is 0 Å². The number of carbonyl (C=O) groups is 2. The minimum absolute atomic E-state index is 0.381. The van der Waals surface area contributed by atoms with Crippen LogP contribution in [0.4, 0.5) is 0 Å². The van der Waals surface area contributed by atoms with E-state index in [0.717, 1.165) is 13.8 Å². The van der Waals surface area contributed by atoms with Crippen molar-refractivity contribution in [3.05, 3.63) is 0 Å². The second kappa shape index (κ2) is 36.2. The van der Waals surface area contributed by atoms with Crippen LogP contribution in [0.2, 0.25) is 0 Å². The molecular weight excluding hydrogens is 1340 g/mol. The average Bonchev–Trinajstić information content (AvgIpc) is 0.777. The number of rotatable bonds is 30. The van der Waals surface area contributed by atoms with Gasteiger partial charge in [0.2, 0.25) is 11.8 Å². The number of amides is 2. The van der Waals surface area contributed by atoms with Gasteiger partial charge < -0.3 is 189 Å². The summed E-state index contributed by atoms with van der Waals surface area (Å²) >= 11 is 0. The molecule has 44 nitrogen and oxygen atoms in total. The van der Waals surface area contributed by atoms with Gasteiger partial charge in [0, 0.05) is 20.4 Å². The Hall–Kier alpha value is -2.39. The molecular formula is C51H90N3O41P. The third-order valence-electron chi connectivity index (χ3n) is 16.7. The highest BCUT2D eigenvalue weighted by atomic mass is 31.2. The number of hydrogen-bond acceptors (Lipinski definition) is 41. The van der Waals surface area contributed by atoms with Gasteiger partial charge in [0.05, 0.1) is 72.1 Å². The van der Waals surface area contributed by atoms with Gasteiger partial charge in [0.15, 0.2) is 37.7 Å². The van der Waals surface area contributed by atoms with E-state index in [1.807, 2.05) is 0 Å². The lowest BCUT2D eigenvalue weighted by molar-refractivity contribution is -0.387. The summed E-state index contributed by atoms with van der Waals surface area (Å²) in [7, 11) is -4.80. The van der Waals surface area contributed by atoms with Crippen molar-refractivity contribution in [1.29, 1.82) is 0 Å². The number of aliphatic hydroxyl groups excluding tert-OH is 22. The topological polar surface area (TPSA) is 691 Å². The third-order valence-corrected chi connectivity index (χ3v) is 17.7. The van der Waals surface area contributed by atoms with Crippen LogP contribution in [0.5, 0.6) is 0 Å².